The van der Waals surface area contributed by atoms with Crippen molar-refractivity contribution in [2.24, 2.45) is 0 Å². The van der Waals surface area contributed by atoms with Gasteiger partial charge < -0.3 is 23.9 Å². The molecule has 9 nitrogen and oxygen atoms in total. The molecule has 0 saturated carbocycles. The monoisotopic (exact) mass is 508 g/mol. The van der Waals surface area contributed by atoms with Gasteiger partial charge in [0.15, 0.2) is 11.5 Å². The fraction of sp³-hybridized carbons (Fsp3) is 0.269. The Morgan fingerprint density at radius 1 is 1.14 bits per heavy atom. The van der Waals surface area contributed by atoms with Crippen molar-refractivity contribution in [2.75, 3.05) is 14.2 Å². The van der Waals surface area contributed by atoms with E-state index in [0.29, 0.717) is 29.4 Å². The van der Waals surface area contributed by atoms with Crippen LogP contribution >= 0.6 is 11.6 Å². The predicted molar refractivity (Wildman–Crippen MR) is 132 cm³/mol. The summed E-state index contributed by atoms with van der Waals surface area (Å²) in [5, 5.41) is 17.6. The van der Waals surface area contributed by atoms with Gasteiger partial charge in [-0.15, -0.1) is 5.10 Å². The lowest BCUT2D eigenvalue weighted by Gasteiger charge is -2.25. The van der Waals surface area contributed by atoms with Crippen LogP contribution in [-0.4, -0.2) is 44.9 Å². The number of carboxylic acid groups (broad SMARTS) is 1. The fourth-order valence-corrected chi connectivity index (χ4v) is 4.91. The standard InChI is InChI=1S/C26H25ClN4O5/c1-34-23-7-3-5-18(26(23)35-2)25-19-13-16(27)8-10-20(19)30-12-4-6-21(30)22(36-25)11-9-17-14-28-29-31(17)15-24(32)33/h3-8,10,12-14,22,25H,9,11,15H2,1-2H3,(H,32,33)/t22-,25-/m1/s1. The van der Waals surface area contributed by atoms with Gasteiger partial charge in [0.1, 0.15) is 12.6 Å². The first-order valence-electron chi connectivity index (χ1n) is 11.4. The van der Waals surface area contributed by atoms with Crippen molar-refractivity contribution < 1.29 is 24.1 Å². The number of benzene rings is 2. The van der Waals surface area contributed by atoms with E-state index in [1.807, 2.05) is 54.7 Å². The first-order valence-corrected chi connectivity index (χ1v) is 11.8. The van der Waals surface area contributed by atoms with Crippen LogP contribution in [-0.2, 0) is 22.5 Å². The van der Waals surface area contributed by atoms with E-state index in [9.17, 15) is 9.90 Å². The van der Waals surface area contributed by atoms with Crippen molar-refractivity contribution in [2.45, 2.75) is 31.6 Å². The number of aryl methyl sites for hydroxylation is 1. The molecule has 3 heterocycles. The summed E-state index contributed by atoms with van der Waals surface area (Å²) in [5.41, 5.74) is 4.36. The molecule has 0 bridgehead atoms. The maximum atomic E-state index is 11.2. The Morgan fingerprint density at radius 2 is 2.00 bits per heavy atom. The van der Waals surface area contributed by atoms with Crippen molar-refractivity contribution in [1.82, 2.24) is 19.6 Å². The van der Waals surface area contributed by atoms with E-state index in [4.69, 9.17) is 25.8 Å². The summed E-state index contributed by atoms with van der Waals surface area (Å²) in [7, 11) is 3.21. The Balaban J connectivity index is 1.58. The second-order valence-corrected chi connectivity index (χ2v) is 8.85. The Morgan fingerprint density at radius 3 is 2.78 bits per heavy atom. The number of aliphatic carboxylic acids is 1. The van der Waals surface area contributed by atoms with Crippen LogP contribution in [0.3, 0.4) is 0 Å². The van der Waals surface area contributed by atoms with Gasteiger partial charge in [0, 0.05) is 22.3 Å². The summed E-state index contributed by atoms with van der Waals surface area (Å²) in [6, 6.07) is 15.5. The van der Waals surface area contributed by atoms with Crippen molar-refractivity contribution in [1.29, 1.82) is 0 Å². The second-order valence-electron chi connectivity index (χ2n) is 8.41. The van der Waals surface area contributed by atoms with Crippen molar-refractivity contribution in [3.8, 4) is 17.2 Å². The molecule has 36 heavy (non-hydrogen) atoms. The van der Waals surface area contributed by atoms with E-state index in [1.165, 1.54) is 4.68 Å². The van der Waals surface area contributed by atoms with Crippen molar-refractivity contribution in [3.05, 3.63) is 88.5 Å². The third-order valence-electron chi connectivity index (χ3n) is 6.30. The number of aromatic nitrogens is 4. The molecule has 2 atom stereocenters. The summed E-state index contributed by atoms with van der Waals surface area (Å²) in [4.78, 5) is 11.2. The number of hydrogen-bond acceptors (Lipinski definition) is 6. The van der Waals surface area contributed by atoms with Crippen LogP contribution in [0.1, 0.15) is 41.1 Å². The molecule has 0 unspecified atom stereocenters. The lowest BCUT2D eigenvalue weighted by atomic mass is 9.98. The number of nitrogens with zero attached hydrogens (tertiary/aromatic N) is 4. The minimum absolute atomic E-state index is 0.245. The zero-order chi connectivity index (χ0) is 25.2. The van der Waals surface area contributed by atoms with Crippen LogP contribution in [0, 0.1) is 0 Å². The zero-order valence-corrected chi connectivity index (χ0v) is 20.6. The highest BCUT2D eigenvalue weighted by Crippen LogP contribution is 2.46. The van der Waals surface area contributed by atoms with Crippen LogP contribution in [0.15, 0.2) is 60.9 Å². The van der Waals surface area contributed by atoms with Crippen molar-refractivity contribution in [3.63, 3.8) is 0 Å². The van der Waals surface area contributed by atoms with Gasteiger partial charge in [-0.1, -0.05) is 28.9 Å². The third kappa shape index (κ3) is 4.43. The van der Waals surface area contributed by atoms with Crippen LogP contribution < -0.4 is 9.47 Å². The van der Waals surface area contributed by atoms with Gasteiger partial charge in [0.2, 0.25) is 0 Å². The maximum absolute atomic E-state index is 11.2. The number of halogens is 1. The Bertz CT molecular complexity index is 1400. The normalized spacial score (nSPS) is 16.6. The van der Waals surface area contributed by atoms with E-state index in [2.05, 4.69) is 14.9 Å². The molecule has 5 rings (SSSR count). The third-order valence-corrected chi connectivity index (χ3v) is 6.54. The number of para-hydroxylation sites is 1. The minimum atomic E-state index is -0.973. The molecule has 0 radical (unpaired) electrons. The van der Waals surface area contributed by atoms with Crippen LogP contribution in [0.25, 0.3) is 5.69 Å². The van der Waals surface area contributed by atoms with E-state index in [-0.39, 0.29) is 12.6 Å². The summed E-state index contributed by atoms with van der Waals surface area (Å²) in [6.07, 6.45) is 3.85. The summed E-state index contributed by atoms with van der Waals surface area (Å²) >= 11 is 6.45. The van der Waals surface area contributed by atoms with Gasteiger partial charge in [0.25, 0.3) is 0 Å². The SMILES string of the molecule is COc1cccc([C@H]2O[C@H](CCc3cnnn3CC(=O)O)c3cccn3-c3ccc(Cl)cc32)c1OC. The summed E-state index contributed by atoms with van der Waals surface area (Å²) < 4.78 is 21.6. The molecular formula is C26H25ClN4O5. The molecule has 1 aliphatic heterocycles. The van der Waals surface area contributed by atoms with Crippen LogP contribution in [0.2, 0.25) is 5.02 Å². The van der Waals surface area contributed by atoms with Crippen LogP contribution in [0.5, 0.6) is 11.5 Å². The minimum Gasteiger partial charge on any atom is -0.493 e. The molecule has 0 fully saturated rings. The summed E-state index contributed by atoms with van der Waals surface area (Å²) in [6.45, 7) is -0.245. The molecule has 4 aromatic rings. The van der Waals surface area contributed by atoms with Crippen molar-refractivity contribution >= 4 is 17.6 Å². The Hall–Kier alpha value is -3.82. The number of hydrogen-bond donors (Lipinski definition) is 1. The molecule has 1 aliphatic rings. The van der Waals surface area contributed by atoms with Gasteiger partial charge in [-0.2, -0.15) is 0 Å². The second kappa shape index (κ2) is 10.0. The lowest BCUT2D eigenvalue weighted by Crippen LogP contribution is -2.15. The molecule has 2 aromatic heterocycles. The maximum Gasteiger partial charge on any atom is 0.325 e. The quantitative estimate of drug-likeness (QED) is 0.370. The average molecular weight is 509 g/mol. The first-order chi connectivity index (χ1) is 17.5. The summed E-state index contributed by atoms with van der Waals surface area (Å²) in [5.74, 6) is 0.218. The molecule has 0 amide bonds. The smallest absolute Gasteiger partial charge is 0.325 e. The molecule has 2 aromatic carbocycles. The number of fused-ring (bicyclic) bond motifs is 3. The van der Waals surface area contributed by atoms with E-state index in [0.717, 1.165) is 28.2 Å². The Kier molecular flexibility index (Phi) is 6.67. The zero-order valence-electron chi connectivity index (χ0n) is 19.8. The number of carbonyl (C=O) groups is 1. The highest BCUT2D eigenvalue weighted by Gasteiger charge is 2.33. The topological polar surface area (TPSA) is 101 Å². The average Bonchev–Trinajstić information content (AvgIpc) is 3.50. The predicted octanol–water partition coefficient (Wildman–Crippen LogP) is 4.62. The molecule has 0 aliphatic carbocycles. The number of methoxy groups -OCH3 is 2. The van der Waals surface area contributed by atoms with Gasteiger partial charge >= 0.3 is 5.97 Å². The van der Waals surface area contributed by atoms with Gasteiger partial charge in [-0.25, -0.2) is 4.68 Å². The number of carboxylic acids is 1. The van der Waals surface area contributed by atoms with Crippen LogP contribution in [0.4, 0.5) is 0 Å². The largest absolute Gasteiger partial charge is 0.493 e. The molecular weight excluding hydrogens is 484 g/mol. The first kappa shape index (κ1) is 23.9. The van der Waals surface area contributed by atoms with E-state index < -0.39 is 12.1 Å². The lowest BCUT2D eigenvalue weighted by molar-refractivity contribution is -0.138. The van der Waals surface area contributed by atoms with E-state index in [1.54, 1.807) is 20.4 Å². The van der Waals surface area contributed by atoms with E-state index >= 15 is 0 Å². The Labute approximate surface area is 212 Å². The van der Waals surface area contributed by atoms with Gasteiger partial charge in [-0.3, -0.25) is 4.79 Å². The van der Waals surface area contributed by atoms with Gasteiger partial charge in [0.05, 0.1) is 43.6 Å². The highest BCUT2D eigenvalue weighted by atomic mass is 35.5. The molecule has 0 saturated heterocycles. The van der Waals surface area contributed by atoms with Gasteiger partial charge in [-0.05, 0) is 49.2 Å². The fourth-order valence-electron chi connectivity index (χ4n) is 4.73. The number of rotatable bonds is 8. The number of ether oxygens (including phenoxy) is 3. The highest BCUT2D eigenvalue weighted by molar-refractivity contribution is 6.30. The molecule has 10 heteroatoms. The molecule has 186 valence electrons. The molecule has 0 spiro atoms. The molecule has 1 N–H and O–H groups in total.